The lowest BCUT2D eigenvalue weighted by Gasteiger charge is -2.14. The van der Waals surface area contributed by atoms with Gasteiger partial charge in [-0.1, -0.05) is 12.1 Å². The molecule has 0 aliphatic carbocycles. The highest BCUT2D eigenvalue weighted by Gasteiger charge is 2.27. The minimum Gasteiger partial charge on any atom is -0.332 e. The molecule has 3 aromatic rings. The van der Waals surface area contributed by atoms with Gasteiger partial charge in [0, 0.05) is 19.2 Å². The quantitative estimate of drug-likeness (QED) is 0.795. The number of benzene rings is 1. The summed E-state index contributed by atoms with van der Waals surface area (Å²) >= 11 is 0. The monoisotopic (exact) mass is 306 g/mol. The Kier molecular flexibility index (Phi) is 3.15. The summed E-state index contributed by atoms with van der Waals surface area (Å²) in [4.78, 5) is 37.6. The van der Waals surface area contributed by atoms with Crippen molar-refractivity contribution in [2.75, 3.05) is 6.54 Å². The van der Waals surface area contributed by atoms with E-state index in [1.165, 1.54) is 0 Å². The van der Waals surface area contributed by atoms with Crippen LogP contribution in [0.25, 0.3) is 10.9 Å². The molecule has 6 nitrogen and oxygen atoms in total. The average molecular weight is 306 g/mol. The largest absolute Gasteiger partial charge is 0.332 e. The fourth-order valence-electron chi connectivity index (χ4n) is 2.86. The number of carbonyl (C=O) groups is 1. The standard InChI is InChI=1S/C17H14N4O2/c22-16-11-4-1-2-6-13(11)19-15(20-16)7-9-21-10-14-12(17(21)23)5-3-8-18-14/h1-6,8H,7,9-10H2,(H,19,20,22). The summed E-state index contributed by atoms with van der Waals surface area (Å²) in [6.45, 7) is 1.00. The Labute approximate surface area is 131 Å². The first-order valence-corrected chi connectivity index (χ1v) is 7.43. The topological polar surface area (TPSA) is 79.0 Å². The van der Waals surface area contributed by atoms with Crippen molar-refractivity contribution < 1.29 is 4.79 Å². The number of hydrogen-bond donors (Lipinski definition) is 1. The van der Waals surface area contributed by atoms with E-state index >= 15 is 0 Å². The molecule has 1 N–H and O–H groups in total. The third-order valence-electron chi connectivity index (χ3n) is 4.03. The van der Waals surface area contributed by atoms with E-state index in [4.69, 9.17) is 0 Å². The number of fused-ring (bicyclic) bond motifs is 2. The molecule has 1 aliphatic rings. The molecule has 0 fully saturated rings. The Bertz CT molecular complexity index is 964. The number of nitrogens with zero attached hydrogens (tertiary/aromatic N) is 3. The second kappa shape index (κ2) is 5.31. The van der Waals surface area contributed by atoms with Crippen LogP contribution in [0.1, 0.15) is 21.9 Å². The van der Waals surface area contributed by atoms with Gasteiger partial charge >= 0.3 is 0 Å². The van der Waals surface area contributed by atoms with Crippen LogP contribution in [0.3, 0.4) is 0 Å². The maximum atomic E-state index is 12.3. The average Bonchev–Trinajstić information content (AvgIpc) is 2.90. The summed E-state index contributed by atoms with van der Waals surface area (Å²) in [5.74, 6) is 0.571. The fraction of sp³-hybridized carbons (Fsp3) is 0.176. The second-order valence-electron chi connectivity index (χ2n) is 5.50. The van der Waals surface area contributed by atoms with E-state index in [-0.39, 0.29) is 11.5 Å². The Hall–Kier alpha value is -3.02. The van der Waals surface area contributed by atoms with Gasteiger partial charge in [0.05, 0.1) is 28.7 Å². The molecule has 1 aromatic carbocycles. The number of nitrogens with one attached hydrogen (secondary N) is 1. The number of rotatable bonds is 3. The van der Waals surface area contributed by atoms with E-state index in [1.807, 2.05) is 18.2 Å². The molecular weight excluding hydrogens is 292 g/mol. The molecule has 0 spiro atoms. The number of pyridine rings is 1. The normalized spacial score (nSPS) is 13.6. The zero-order valence-electron chi connectivity index (χ0n) is 12.3. The van der Waals surface area contributed by atoms with Crippen molar-refractivity contribution in [3.05, 3.63) is 70.0 Å². The van der Waals surface area contributed by atoms with Crippen molar-refractivity contribution in [3.63, 3.8) is 0 Å². The molecule has 0 unspecified atom stereocenters. The van der Waals surface area contributed by atoms with Gasteiger partial charge in [-0.2, -0.15) is 0 Å². The molecule has 3 heterocycles. The summed E-state index contributed by atoms with van der Waals surface area (Å²) in [5.41, 5.74) is 1.98. The SMILES string of the molecule is O=C1c2cccnc2CN1CCc1nc2ccccc2c(=O)[nH]1. The number of amides is 1. The molecule has 23 heavy (non-hydrogen) atoms. The smallest absolute Gasteiger partial charge is 0.258 e. The highest BCUT2D eigenvalue weighted by atomic mass is 16.2. The zero-order valence-corrected chi connectivity index (χ0v) is 12.3. The minimum atomic E-state index is -0.150. The van der Waals surface area contributed by atoms with E-state index in [2.05, 4.69) is 15.0 Å². The molecule has 6 heteroatoms. The molecule has 1 amide bonds. The number of para-hydroxylation sites is 1. The van der Waals surface area contributed by atoms with Crippen LogP contribution in [0.5, 0.6) is 0 Å². The summed E-state index contributed by atoms with van der Waals surface area (Å²) in [6.07, 6.45) is 2.19. The maximum absolute atomic E-state index is 12.3. The summed E-state index contributed by atoms with van der Waals surface area (Å²) in [6, 6.07) is 10.8. The van der Waals surface area contributed by atoms with Crippen molar-refractivity contribution >= 4 is 16.8 Å². The van der Waals surface area contributed by atoms with E-state index in [0.29, 0.717) is 41.8 Å². The maximum Gasteiger partial charge on any atom is 0.258 e. The molecule has 4 rings (SSSR count). The van der Waals surface area contributed by atoms with Crippen LogP contribution < -0.4 is 5.56 Å². The Morgan fingerprint density at radius 2 is 2.00 bits per heavy atom. The van der Waals surface area contributed by atoms with Gasteiger partial charge in [-0.15, -0.1) is 0 Å². The number of aromatic amines is 1. The third kappa shape index (κ3) is 2.38. The summed E-state index contributed by atoms with van der Waals surface area (Å²) in [7, 11) is 0. The lowest BCUT2D eigenvalue weighted by Crippen LogP contribution is -2.27. The number of aromatic nitrogens is 3. The summed E-state index contributed by atoms with van der Waals surface area (Å²) in [5, 5.41) is 0.574. The van der Waals surface area contributed by atoms with Crippen molar-refractivity contribution in [1.29, 1.82) is 0 Å². The minimum absolute atomic E-state index is 0.0174. The van der Waals surface area contributed by atoms with Gasteiger partial charge in [0.1, 0.15) is 5.82 Å². The predicted octanol–water partition coefficient (Wildman–Crippen LogP) is 1.52. The lowest BCUT2D eigenvalue weighted by atomic mass is 10.2. The molecule has 0 radical (unpaired) electrons. The van der Waals surface area contributed by atoms with Gasteiger partial charge in [0.25, 0.3) is 11.5 Å². The van der Waals surface area contributed by atoms with Crippen LogP contribution in [-0.4, -0.2) is 32.3 Å². The van der Waals surface area contributed by atoms with Crippen LogP contribution in [-0.2, 0) is 13.0 Å². The second-order valence-corrected chi connectivity index (χ2v) is 5.50. The highest BCUT2D eigenvalue weighted by Crippen LogP contribution is 2.20. The van der Waals surface area contributed by atoms with E-state index < -0.39 is 0 Å². The van der Waals surface area contributed by atoms with Crippen LogP contribution in [0.4, 0.5) is 0 Å². The molecule has 0 saturated heterocycles. The fourth-order valence-corrected chi connectivity index (χ4v) is 2.86. The Morgan fingerprint density at radius 1 is 1.13 bits per heavy atom. The number of H-pyrrole nitrogens is 1. The van der Waals surface area contributed by atoms with Crippen LogP contribution in [0.15, 0.2) is 47.4 Å². The van der Waals surface area contributed by atoms with E-state index in [9.17, 15) is 9.59 Å². The van der Waals surface area contributed by atoms with Crippen LogP contribution in [0.2, 0.25) is 0 Å². The highest BCUT2D eigenvalue weighted by molar-refractivity contribution is 5.97. The molecule has 0 bridgehead atoms. The van der Waals surface area contributed by atoms with Crippen LogP contribution in [0, 0.1) is 0 Å². The van der Waals surface area contributed by atoms with Gasteiger partial charge in [0.15, 0.2) is 0 Å². The predicted molar refractivity (Wildman–Crippen MR) is 85.0 cm³/mol. The van der Waals surface area contributed by atoms with E-state index in [1.54, 1.807) is 29.3 Å². The van der Waals surface area contributed by atoms with Crippen molar-refractivity contribution in [2.45, 2.75) is 13.0 Å². The Morgan fingerprint density at radius 3 is 2.87 bits per heavy atom. The molecule has 0 saturated carbocycles. The van der Waals surface area contributed by atoms with Gasteiger partial charge in [-0.05, 0) is 24.3 Å². The lowest BCUT2D eigenvalue weighted by molar-refractivity contribution is 0.0779. The summed E-state index contributed by atoms with van der Waals surface area (Å²) < 4.78 is 0. The Balaban J connectivity index is 1.54. The van der Waals surface area contributed by atoms with Crippen LogP contribution >= 0.6 is 0 Å². The molecular formula is C17H14N4O2. The molecule has 114 valence electrons. The first-order chi connectivity index (χ1) is 11.2. The van der Waals surface area contributed by atoms with Gasteiger partial charge < -0.3 is 9.88 Å². The first kappa shape index (κ1) is 13.6. The van der Waals surface area contributed by atoms with Gasteiger partial charge in [-0.25, -0.2) is 4.98 Å². The van der Waals surface area contributed by atoms with Gasteiger partial charge in [-0.3, -0.25) is 14.6 Å². The van der Waals surface area contributed by atoms with Crippen molar-refractivity contribution in [3.8, 4) is 0 Å². The van der Waals surface area contributed by atoms with Crippen molar-refractivity contribution in [2.24, 2.45) is 0 Å². The third-order valence-corrected chi connectivity index (χ3v) is 4.03. The zero-order chi connectivity index (χ0) is 15.8. The molecule has 1 aliphatic heterocycles. The first-order valence-electron chi connectivity index (χ1n) is 7.43. The number of carbonyl (C=O) groups excluding carboxylic acids is 1. The number of hydrogen-bond acceptors (Lipinski definition) is 4. The van der Waals surface area contributed by atoms with Gasteiger partial charge in [0.2, 0.25) is 0 Å². The molecule has 2 aromatic heterocycles. The van der Waals surface area contributed by atoms with E-state index in [0.717, 1.165) is 5.69 Å². The van der Waals surface area contributed by atoms with Crippen molar-refractivity contribution in [1.82, 2.24) is 19.9 Å². The molecule has 0 atom stereocenters.